The number of Topliss-reactive ketones (excluding diaryl/α,β-unsaturated/α-hetero) is 1. The molecule has 0 aliphatic heterocycles. The van der Waals surface area contributed by atoms with Gasteiger partial charge >= 0.3 is 0 Å². The number of hydrogen-bond acceptors (Lipinski definition) is 6. The monoisotopic (exact) mass is 493 g/mol. The van der Waals surface area contributed by atoms with Gasteiger partial charge in [-0.25, -0.2) is 9.07 Å². The van der Waals surface area contributed by atoms with E-state index in [4.69, 9.17) is 9.62 Å². The molecule has 4 aromatic rings. The zero-order chi connectivity index (χ0) is 25.9. The van der Waals surface area contributed by atoms with Crippen LogP contribution in [0.3, 0.4) is 0 Å². The molecule has 0 unspecified atom stereocenters. The number of allylic oxidation sites excluding steroid dienone is 2. The normalized spacial score (nSPS) is 22.7. The second kappa shape index (κ2) is 8.34. The van der Waals surface area contributed by atoms with E-state index in [0.717, 1.165) is 46.6 Å². The first-order chi connectivity index (χ1) is 17.8. The van der Waals surface area contributed by atoms with Crippen LogP contribution in [0.4, 0.5) is 4.39 Å². The molecule has 2 heterocycles. The van der Waals surface area contributed by atoms with Gasteiger partial charge in [-0.15, -0.1) is 0 Å². The summed E-state index contributed by atoms with van der Waals surface area (Å²) in [4.78, 5) is 17.2. The molecule has 2 aromatic heterocycles. The predicted octanol–water partition coefficient (Wildman–Crippen LogP) is 5.53. The lowest BCUT2D eigenvalue weighted by molar-refractivity contribution is -0.121. The summed E-state index contributed by atoms with van der Waals surface area (Å²) >= 11 is 0. The number of aryl methyl sites for hydroxylation is 1. The van der Waals surface area contributed by atoms with Crippen molar-refractivity contribution in [3.8, 4) is 34.5 Å². The Hall–Kier alpha value is -4.38. The summed E-state index contributed by atoms with van der Waals surface area (Å²) in [6.45, 7) is 5.78. The van der Waals surface area contributed by atoms with Crippen molar-refractivity contribution in [1.82, 2.24) is 19.9 Å². The number of rotatable bonds is 3. The van der Waals surface area contributed by atoms with E-state index in [2.05, 4.69) is 23.1 Å². The Labute approximate surface area is 213 Å². The summed E-state index contributed by atoms with van der Waals surface area (Å²) in [5, 5.41) is 18.7. The Morgan fingerprint density at radius 3 is 2.49 bits per heavy atom. The third kappa shape index (κ3) is 3.53. The highest BCUT2D eigenvalue weighted by Crippen LogP contribution is 2.52. The summed E-state index contributed by atoms with van der Waals surface area (Å²) in [6, 6.07) is 16.2. The minimum absolute atomic E-state index is 0.0294. The number of fused-ring (bicyclic) bond motifs is 3. The molecule has 37 heavy (non-hydrogen) atoms. The lowest BCUT2D eigenvalue weighted by Crippen LogP contribution is -2.46. The quantitative estimate of drug-likeness (QED) is 0.372. The maximum Gasteiger partial charge on any atom is 0.257 e. The van der Waals surface area contributed by atoms with E-state index in [9.17, 15) is 14.4 Å². The average molecular weight is 494 g/mol. The van der Waals surface area contributed by atoms with E-state index in [-0.39, 0.29) is 29.0 Å². The third-order valence-electron chi connectivity index (χ3n) is 7.82. The fourth-order valence-corrected chi connectivity index (χ4v) is 6.03. The Kier molecular flexibility index (Phi) is 5.19. The molecule has 7 nitrogen and oxygen atoms in total. The second-order valence-electron chi connectivity index (χ2n) is 10.0. The van der Waals surface area contributed by atoms with Crippen molar-refractivity contribution >= 4 is 5.78 Å². The van der Waals surface area contributed by atoms with E-state index in [0.29, 0.717) is 11.7 Å². The van der Waals surface area contributed by atoms with Crippen LogP contribution in [-0.2, 0) is 16.6 Å². The molecule has 184 valence electrons. The van der Waals surface area contributed by atoms with Crippen molar-refractivity contribution < 1.29 is 13.7 Å². The zero-order valence-corrected chi connectivity index (χ0v) is 20.7. The Morgan fingerprint density at radius 1 is 1.14 bits per heavy atom. The summed E-state index contributed by atoms with van der Waals surface area (Å²) in [5.74, 6) is 0.339. The number of carbonyl (C=O) groups excluding carboxylic acids is 1. The number of ketones is 1. The predicted molar refractivity (Wildman–Crippen MR) is 134 cm³/mol. The number of hydrogen-bond donors (Lipinski definition) is 0. The fourth-order valence-electron chi connectivity index (χ4n) is 6.03. The van der Waals surface area contributed by atoms with E-state index in [1.54, 1.807) is 19.1 Å². The molecule has 8 heteroatoms. The molecule has 0 amide bonds. The van der Waals surface area contributed by atoms with Crippen molar-refractivity contribution in [1.29, 1.82) is 5.26 Å². The van der Waals surface area contributed by atoms with E-state index in [1.165, 1.54) is 12.1 Å². The van der Waals surface area contributed by atoms with Gasteiger partial charge in [-0.05, 0) is 74.2 Å². The average Bonchev–Trinajstić information content (AvgIpc) is 3.51. The number of halogens is 1. The molecule has 2 aliphatic carbocycles. The molecular weight excluding hydrogens is 469 g/mol. The second-order valence-corrected chi connectivity index (χ2v) is 10.0. The molecule has 0 N–H and O–H groups in total. The Balaban J connectivity index is 1.57. The van der Waals surface area contributed by atoms with Gasteiger partial charge < -0.3 is 4.52 Å². The number of nitrogens with zero attached hydrogens (tertiary/aromatic N) is 5. The lowest BCUT2D eigenvalue weighted by Gasteiger charge is -2.45. The van der Waals surface area contributed by atoms with Crippen LogP contribution in [0.1, 0.15) is 37.4 Å². The molecule has 0 bridgehead atoms. The molecule has 0 saturated carbocycles. The summed E-state index contributed by atoms with van der Waals surface area (Å²) in [6.07, 6.45) is 3.36. The summed E-state index contributed by atoms with van der Waals surface area (Å²) < 4.78 is 20.9. The van der Waals surface area contributed by atoms with E-state index < -0.39 is 5.41 Å². The minimum atomic E-state index is -0.584. The van der Waals surface area contributed by atoms with Gasteiger partial charge in [-0.3, -0.25) is 4.79 Å². The smallest absolute Gasteiger partial charge is 0.257 e. The van der Waals surface area contributed by atoms with Gasteiger partial charge in [0, 0.05) is 28.0 Å². The zero-order valence-electron chi connectivity index (χ0n) is 20.7. The van der Waals surface area contributed by atoms with Crippen LogP contribution in [-0.4, -0.2) is 25.7 Å². The highest BCUT2D eigenvalue weighted by molar-refractivity contribution is 6.02. The van der Waals surface area contributed by atoms with E-state index in [1.807, 2.05) is 41.9 Å². The van der Waals surface area contributed by atoms with Crippen LogP contribution in [0.15, 0.2) is 64.7 Å². The minimum Gasteiger partial charge on any atom is -0.334 e. The first-order valence-electron chi connectivity index (χ1n) is 12.3. The van der Waals surface area contributed by atoms with Crippen molar-refractivity contribution in [3.05, 3.63) is 83.1 Å². The molecule has 6 rings (SSSR count). The van der Waals surface area contributed by atoms with E-state index >= 15 is 0 Å². The van der Waals surface area contributed by atoms with Crippen LogP contribution in [0.2, 0.25) is 0 Å². The number of carbonyl (C=O) groups is 1. The fraction of sp³-hybridized carbons (Fsp3) is 0.276. The molecular formula is C29H24FN5O2. The van der Waals surface area contributed by atoms with Crippen LogP contribution in [0.5, 0.6) is 0 Å². The van der Waals surface area contributed by atoms with Gasteiger partial charge in [0.05, 0.1) is 22.6 Å². The van der Waals surface area contributed by atoms with Gasteiger partial charge in [0.25, 0.3) is 5.89 Å². The lowest BCUT2D eigenvalue weighted by atomic mass is 9.57. The third-order valence-corrected chi connectivity index (χ3v) is 7.82. The maximum atomic E-state index is 13.7. The molecule has 3 atom stereocenters. The maximum absolute atomic E-state index is 13.7. The molecule has 2 aliphatic rings. The van der Waals surface area contributed by atoms with Gasteiger partial charge in [-0.2, -0.15) is 15.3 Å². The number of aromatic nitrogens is 4. The van der Waals surface area contributed by atoms with Crippen LogP contribution >= 0.6 is 0 Å². The first kappa shape index (κ1) is 23.0. The molecule has 0 radical (unpaired) electrons. The van der Waals surface area contributed by atoms with Crippen molar-refractivity contribution in [3.63, 3.8) is 0 Å². The Morgan fingerprint density at radius 2 is 1.84 bits per heavy atom. The number of nitriles is 1. The SMILES string of the molecule is Cc1noc(-c2ccc(-n3nc(-c4ccc(F)cc4)c4c3[C@]3(C)C=C(C#N)C(=O)[C@H](C)[C@H]3CC4)cc2)n1. The van der Waals surface area contributed by atoms with Gasteiger partial charge in [-0.1, -0.05) is 25.1 Å². The molecule has 0 fully saturated rings. The number of benzene rings is 2. The highest BCUT2D eigenvalue weighted by Gasteiger charge is 2.50. The van der Waals surface area contributed by atoms with Gasteiger partial charge in [0.15, 0.2) is 11.6 Å². The largest absolute Gasteiger partial charge is 0.334 e. The van der Waals surface area contributed by atoms with Crippen molar-refractivity contribution in [2.75, 3.05) is 0 Å². The Bertz CT molecular complexity index is 1610. The van der Waals surface area contributed by atoms with Gasteiger partial charge in [0.2, 0.25) is 0 Å². The molecule has 0 spiro atoms. The summed E-state index contributed by atoms with van der Waals surface area (Å²) in [7, 11) is 0. The standard InChI is InChI=1S/C29H24FN5O2/c1-16-24-13-12-23-25(18-4-8-21(30)9-5-18)33-35(27(23)29(24,3)14-20(15-31)26(16)36)22-10-6-19(7-11-22)28-32-17(2)34-37-28/h4-11,14,16,24H,12-13H2,1-3H3/t16-,24-,29-/m1/s1. The molecule has 2 aromatic carbocycles. The highest BCUT2D eigenvalue weighted by atomic mass is 19.1. The van der Waals surface area contributed by atoms with Crippen molar-refractivity contribution in [2.45, 2.75) is 39.0 Å². The van der Waals surface area contributed by atoms with Crippen molar-refractivity contribution in [2.24, 2.45) is 11.8 Å². The van der Waals surface area contributed by atoms with Crippen LogP contribution in [0.25, 0.3) is 28.4 Å². The van der Waals surface area contributed by atoms with Crippen LogP contribution < -0.4 is 0 Å². The topological polar surface area (TPSA) is 97.6 Å². The first-order valence-corrected chi connectivity index (χ1v) is 12.3. The molecule has 0 saturated heterocycles. The van der Waals surface area contributed by atoms with Gasteiger partial charge in [0.1, 0.15) is 11.9 Å². The summed E-state index contributed by atoms with van der Waals surface area (Å²) in [5.41, 5.74) is 4.83. The van der Waals surface area contributed by atoms with Crippen LogP contribution in [0, 0.1) is 35.9 Å².